The van der Waals surface area contributed by atoms with Gasteiger partial charge in [-0.15, -0.1) is 11.3 Å². The maximum absolute atomic E-state index is 13.1. The third kappa shape index (κ3) is 2.71. The number of aromatic carboxylic acids is 1. The van der Waals surface area contributed by atoms with Gasteiger partial charge in [0.05, 0.1) is 11.8 Å². The van der Waals surface area contributed by atoms with E-state index in [-0.39, 0.29) is 30.2 Å². The van der Waals surface area contributed by atoms with Gasteiger partial charge < -0.3 is 19.5 Å². The maximum Gasteiger partial charge on any atom is 0.357 e. The van der Waals surface area contributed by atoms with Crippen LogP contribution < -0.4 is 4.90 Å². The van der Waals surface area contributed by atoms with E-state index in [2.05, 4.69) is 19.9 Å². The zero-order valence-electron chi connectivity index (χ0n) is 14.9. The number of carboxylic acid groups (broad SMARTS) is 1. The Kier molecular flexibility index (Phi) is 4.00. The molecule has 3 aromatic rings. The molecule has 5 rings (SSSR count). The third-order valence-corrected chi connectivity index (χ3v) is 6.37. The molecule has 2 atom stereocenters. The molecule has 1 N–H and O–H groups in total. The number of rotatable bonds is 4. The standard InChI is InChI=1S/C18H18N6O3S/c25-14(8-23-9-20-13-2-1-5-19-16(13)23)24-11-3-4-12(24)7-22(6-11)17-15(18(26)27)21-10-28-17/h1-2,5,9-12H,3-4,6-8H2,(H,26,27). The number of piperazine rings is 1. The zero-order chi connectivity index (χ0) is 19.3. The van der Waals surface area contributed by atoms with E-state index < -0.39 is 5.97 Å². The first kappa shape index (κ1) is 17.1. The lowest BCUT2D eigenvalue weighted by Gasteiger charge is -2.41. The molecule has 144 valence electrons. The second-order valence-electron chi connectivity index (χ2n) is 7.12. The van der Waals surface area contributed by atoms with Gasteiger partial charge in [-0.25, -0.2) is 19.7 Å². The molecule has 2 bridgehead atoms. The van der Waals surface area contributed by atoms with Crippen LogP contribution in [0.4, 0.5) is 5.00 Å². The quantitative estimate of drug-likeness (QED) is 0.709. The fourth-order valence-corrected chi connectivity index (χ4v) is 5.13. The minimum absolute atomic E-state index is 0.0554. The van der Waals surface area contributed by atoms with Crippen molar-refractivity contribution in [3.63, 3.8) is 0 Å². The SMILES string of the molecule is O=C(O)c1ncsc1N1CC2CCC(C1)N2C(=O)Cn1cnc2cccnc21. The van der Waals surface area contributed by atoms with Crippen molar-refractivity contribution in [2.24, 2.45) is 0 Å². The summed E-state index contributed by atoms with van der Waals surface area (Å²) in [6.45, 7) is 1.47. The first-order chi connectivity index (χ1) is 13.6. The molecule has 0 aliphatic carbocycles. The topological polar surface area (TPSA) is 104 Å². The van der Waals surface area contributed by atoms with Gasteiger partial charge in [-0.05, 0) is 25.0 Å². The van der Waals surface area contributed by atoms with E-state index in [9.17, 15) is 14.7 Å². The van der Waals surface area contributed by atoms with Gasteiger partial charge in [0.15, 0.2) is 11.3 Å². The van der Waals surface area contributed by atoms with E-state index >= 15 is 0 Å². The number of carbonyl (C=O) groups is 2. The van der Waals surface area contributed by atoms with Crippen LogP contribution in [0.3, 0.4) is 0 Å². The molecular weight excluding hydrogens is 380 g/mol. The predicted molar refractivity (Wildman–Crippen MR) is 102 cm³/mol. The summed E-state index contributed by atoms with van der Waals surface area (Å²) in [7, 11) is 0. The van der Waals surface area contributed by atoms with Crippen LogP contribution in [0.15, 0.2) is 30.2 Å². The number of imidazole rings is 1. The Hall–Kier alpha value is -3.01. The molecule has 2 saturated heterocycles. The second kappa shape index (κ2) is 6.55. The largest absolute Gasteiger partial charge is 0.476 e. The fraction of sp³-hybridized carbons (Fsp3) is 0.389. The summed E-state index contributed by atoms with van der Waals surface area (Å²) in [5.41, 5.74) is 3.14. The summed E-state index contributed by atoms with van der Waals surface area (Å²) in [5.74, 6) is -0.957. The van der Waals surface area contributed by atoms with E-state index in [1.807, 2.05) is 17.0 Å². The number of amides is 1. The Balaban J connectivity index is 1.34. The first-order valence-corrected chi connectivity index (χ1v) is 9.98. The molecule has 0 spiro atoms. The highest BCUT2D eigenvalue weighted by molar-refractivity contribution is 7.14. The molecule has 9 nitrogen and oxygen atoms in total. The van der Waals surface area contributed by atoms with Crippen LogP contribution in [0, 0.1) is 0 Å². The molecule has 2 fully saturated rings. The normalized spacial score (nSPS) is 21.4. The van der Waals surface area contributed by atoms with Crippen molar-refractivity contribution in [3.8, 4) is 0 Å². The van der Waals surface area contributed by atoms with Crippen LogP contribution in [-0.4, -0.2) is 66.6 Å². The molecule has 2 unspecified atom stereocenters. The summed E-state index contributed by atoms with van der Waals surface area (Å²) >= 11 is 1.34. The van der Waals surface area contributed by atoms with Gasteiger partial charge in [0, 0.05) is 31.4 Å². The van der Waals surface area contributed by atoms with E-state index in [1.54, 1.807) is 22.6 Å². The Morgan fingerprint density at radius 3 is 2.71 bits per heavy atom. The first-order valence-electron chi connectivity index (χ1n) is 9.10. The van der Waals surface area contributed by atoms with Gasteiger partial charge in [0.2, 0.25) is 5.91 Å². The lowest BCUT2D eigenvalue weighted by molar-refractivity contribution is -0.135. The number of hydrogen-bond donors (Lipinski definition) is 1. The highest BCUT2D eigenvalue weighted by Crippen LogP contribution is 2.35. The highest BCUT2D eigenvalue weighted by Gasteiger charge is 2.43. The number of nitrogens with zero attached hydrogens (tertiary/aromatic N) is 6. The van der Waals surface area contributed by atoms with Crippen LogP contribution in [0.5, 0.6) is 0 Å². The Bertz CT molecular complexity index is 1050. The summed E-state index contributed by atoms with van der Waals surface area (Å²) in [6, 6.07) is 3.86. The van der Waals surface area contributed by atoms with Crippen LogP contribution in [0.25, 0.3) is 11.2 Å². The van der Waals surface area contributed by atoms with Crippen molar-refractivity contribution in [3.05, 3.63) is 35.9 Å². The number of carboxylic acids is 1. The summed E-state index contributed by atoms with van der Waals surface area (Å²) < 4.78 is 1.79. The van der Waals surface area contributed by atoms with Gasteiger partial charge >= 0.3 is 5.97 Å². The van der Waals surface area contributed by atoms with Crippen molar-refractivity contribution in [1.82, 2.24) is 24.4 Å². The van der Waals surface area contributed by atoms with E-state index in [4.69, 9.17) is 0 Å². The van der Waals surface area contributed by atoms with Crippen molar-refractivity contribution >= 4 is 39.4 Å². The lowest BCUT2D eigenvalue weighted by Crippen LogP contribution is -2.56. The minimum Gasteiger partial charge on any atom is -0.476 e. The number of aromatic nitrogens is 4. The average molecular weight is 398 g/mol. The smallest absolute Gasteiger partial charge is 0.357 e. The summed E-state index contributed by atoms with van der Waals surface area (Å²) in [5, 5.41) is 10.0. The van der Waals surface area contributed by atoms with Crippen LogP contribution >= 0.6 is 11.3 Å². The fourth-order valence-electron chi connectivity index (χ4n) is 4.33. The molecule has 2 aliphatic heterocycles. The van der Waals surface area contributed by atoms with Gasteiger partial charge in [0.25, 0.3) is 0 Å². The lowest BCUT2D eigenvalue weighted by atomic mass is 10.2. The molecule has 10 heteroatoms. The molecule has 2 aliphatic rings. The van der Waals surface area contributed by atoms with Crippen molar-refractivity contribution in [2.45, 2.75) is 31.5 Å². The number of carbonyl (C=O) groups excluding carboxylic acids is 1. The van der Waals surface area contributed by atoms with Crippen LogP contribution in [-0.2, 0) is 11.3 Å². The Morgan fingerprint density at radius 1 is 1.18 bits per heavy atom. The van der Waals surface area contributed by atoms with E-state index in [1.165, 1.54) is 11.3 Å². The zero-order valence-corrected chi connectivity index (χ0v) is 15.7. The number of hydrogen-bond acceptors (Lipinski definition) is 7. The van der Waals surface area contributed by atoms with Crippen molar-refractivity contribution in [1.29, 1.82) is 0 Å². The molecule has 28 heavy (non-hydrogen) atoms. The molecule has 3 aromatic heterocycles. The Morgan fingerprint density at radius 2 is 1.96 bits per heavy atom. The summed E-state index contributed by atoms with van der Waals surface area (Å²) in [6.07, 6.45) is 5.21. The number of pyridine rings is 1. The van der Waals surface area contributed by atoms with Gasteiger partial charge in [-0.3, -0.25) is 4.79 Å². The molecule has 0 aromatic carbocycles. The van der Waals surface area contributed by atoms with Crippen LogP contribution in [0.2, 0.25) is 0 Å². The second-order valence-corrected chi connectivity index (χ2v) is 7.95. The van der Waals surface area contributed by atoms with Gasteiger partial charge in [-0.1, -0.05) is 0 Å². The molecular formula is C18H18N6O3S. The minimum atomic E-state index is -1.01. The van der Waals surface area contributed by atoms with E-state index in [0.29, 0.717) is 23.7 Å². The maximum atomic E-state index is 13.1. The molecule has 1 amide bonds. The van der Waals surface area contributed by atoms with Crippen molar-refractivity contribution < 1.29 is 14.7 Å². The molecule has 0 saturated carbocycles. The third-order valence-electron chi connectivity index (χ3n) is 5.49. The van der Waals surface area contributed by atoms with E-state index in [0.717, 1.165) is 18.4 Å². The van der Waals surface area contributed by atoms with Crippen molar-refractivity contribution in [2.75, 3.05) is 18.0 Å². The highest BCUT2D eigenvalue weighted by atomic mass is 32.1. The van der Waals surface area contributed by atoms with Gasteiger partial charge in [-0.2, -0.15) is 0 Å². The number of anilines is 1. The van der Waals surface area contributed by atoms with Crippen LogP contribution in [0.1, 0.15) is 23.3 Å². The Labute approximate surface area is 164 Å². The summed E-state index contributed by atoms with van der Waals surface area (Å²) in [4.78, 5) is 41.1. The number of thiazole rings is 1. The molecule has 5 heterocycles. The average Bonchev–Trinajstić information content (AvgIpc) is 3.39. The predicted octanol–water partition coefficient (Wildman–Crippen LogP) is 1.47. The number of fused-ring (bicyclic) bond motifs is 3. The monoisotopic (exact) mass is 398 g/mol. The molecule has 0 radical (unpaired) electrons. The van der Waals surface area contributed by atoms with Gasteiger partial charge in [0.1, 0.15) is 17.1 Å².